The summed E-state index contributed by atoms with van der Waals surface area (Å²) in [7, 11) is 0. The van der Waals surface area contributed by atoms with Crippen molar-refractivity contribution in [2.75, 3.05) is 11.4 Å². The Balaban J connectivity index is 2.90. The summed E-state index contributed by atoms with van der Waals surface area (Å²) in [5.41, 5.74) is 2.01. The van der Waals surface area contributed by atoms with Crippen LogP contribution in [0.4, 0.5) is 5.69 Å². The molecule has 0 amide bonds. The molecule has 1 rings (SSSR count). The highest BCUT2D eigenvalue weighted by atomic mass is 35.5. The van der Waals surface area contributed by atoms with E-state index in [1.54, 1.807) is 0 Å². The van der Waals surface area contributed by atoms with E-state index < -0.39 is 0 Å². The summed E-state index contributed by atoms with van der Waals surface area (Å²) in [4.78, 5) is 2.34. The molecule has 1 aromatic rings. The van der Waals surface area contributed by atoms with Crippen molar-refractivity contribution >= 4 is 17.3 Å². The maximum absolute atomic E-state index is 9.46. The van der Waals surface area contributed by atoms with Gasteiger partial charge in [-0.15, -0.1) is 0 Å². The number of nitrogens with zero attached hydrogens (tertiary/aromatic N) is 1. The van der Waals surface area contributed by atoms with Crippen molar-refractivity contribution in [3.8, 4) is 0 Å². The minimum Gasteiger partial charge on any atom is -0.392 e. The molecule has 0 bridgehead atoms. The minimum absolute atomic E-state index is 0.0346. The molecule has 18 heavy (non-hydrogen) atoms. The van der Waals surface area contributed by atoms with E-state index in [0.29, 0.717) is 11.1 Å². The lowest BCUT2D eigenvalue weighted by Crippen LogP contribution is -2.32. The molecule has 0 aliphatic rings. The number of rotatable bonds is 7. The van der Waals surface area contributed by atoms with Crippen LogP contribution in [0.1, 0.15) is 45.6 Å². The van der Waals surface area contributed by atoms with Crippen LogP contribution in [0.3, 0.4) is 0 Å². The molecular weight excluding hydrogens is 246 g/mol. The molecule has 2 nitrogen and oxygen atoms in total. The van der Waals surface area contributed by atoms with Crippen LogP contribution < -0.4 is 4.90 Å². The monoisotopic (exact) mass is 269 g/mol. The molecule has 0 unspecified atom stereocenters. The quantitative estimate of drug-likeness (QED) is 0.749. The van der Waals surface area contributed by atoms with Crippen molar-refractivity contribution < 1.29 is 5.11 Å². The van der Waals surface area contributed by atoms with E-state index in [2.05, 4.69) is 25.7 Å². The van der Waals surface area contributed by atoms with Gasteiger partial charge in [-0.25, -0.2) is 0 Å². The standard InChI is InChI=1S/C15H24ClNO/c1-4-5-6-9-17(12(2)3)15-8-7-14(16)10-13(15)11-18/h7-8,10,12,18H,4-6,9,11H2,1-3H3. The average Bonchev–Trinajstić information content (AvgIpc) is 2.35. The molecule has 0 radical (unpaired) electrons. The fraction of sp³-hybridized carbons (Fsp3) is 0.600. The molecule has 102 valence electrons. The highest BCUT2D eigenvalue weighted by Gasteiger charge is 2.14. The third-order valence-corrected chi connectivity index (χ3v) is 3.38. The van der Waals surface area contributed by atoms with Gasteiger partial charge in [-0.3, -0.25) is 0 Å². The van der Waals surface area contributed by atoms with Crippen LogP contribution >= 0.6 is 11.6 Å². The number of hydrogen-bond donors (Lipinski definition) is 1. The van der Waals surface area contributed by atoms with Crippen molar-refractivity contribution in [3.05, 3.63) is 28.8 Å². The van der Waals surface area contributed by atoms with Crippen molar-refractivity contribution in [1.29, 1.82) is 0 Å². The summed E-state index contributed by atoms with van der Waals surface area (Å²) < 4.78 is 0. The molecule has 1 N–H and O–H groups in total. The second-order valence-electron chi connectivity index (χ2n) is 4.93. The molecule has 0 atom stereocenters. The van der Waals surface area contributed by atoms with Crippen molar-refractivity contribution in [2.45, 2.75) is 52.7 Å². The Labute approximate surface area is 116 Å². The van der Waals surface area contributed by atoms with Gasteiger partial charge in [0.1, 0.15) is 0 Å². The van der Waals surface area contributed by atoms with Crippen LogP contribution in [0.25, 0.3) is 0 Å². The predicted octanol–water partition coefficient (Wildman–Crippen LogP) is 4.24. The van der Waals surface area contributed by atoms with Gasteiger partial charge in [0, 0.05) is 28.9 Å². The molecule has 1 aromatic carbocycles. The lowest BCUT2D eigenvalue weighted by atomic mass is 10.1. The number of halogens is 1. The zero-order chi connectivity index (χ0) is 13.5. The van der Waals surface area contributed by atoms with Crippen LogP contribution in [0, 0.1) is 0 Å². The maximum Gasteiger partial charge on any atom is 0.0702 e. The van der Waals surface area contributed by atoms with Crippen LogP contribution in [-0.2, 0) is 6.61 Å². The number of benzene rings is 1. The topological polar surface area (TPSA) is 23.5 Å². The van der Waals surface area contributed by atoms with E-state index in [1.165, 1.54) is 19.3 Å². The molecule has 0 aromatic heterocycles. The Morgan fingerprint density at radius 1 is 1.28 bits per heavy atom. The average molecular weight is 270 g/mol. The van der Waals surface area contributed by atoms with Gasteiger partial charge in [-0.1, -0.05) is 31.4 Å². The number of aliphatic hydroxyl groups excluding tert-OH is 1. The fourth-order valence-electron chi connectivity index (χ4n) is 2.15. The highest BCUT2D eigenvalue weighted by Crippen LogP contribution is 2.26. The van der Waals surface area contributed by atoms with Gasteiger partial charge in [-0.05, 0) is 38.5 Å². The molecular formula is C15H24ClNO. The summed E-state index contributed by atoms with van der Waals surface area (Å²) >= 11 is 5.98. The molecule has 0 saturated carbocycles. The molecule has 3 heteroatoms. The molecule has 0 aliphatic carbocycles. The Bertz CT molecular complexity index is 366. The molecule has 0 heterocycles. The van der Waals surface area contributed by atoms with Gasteiger partial charge in [-0.2, -0.15) is 0 Å². The Morgan fingerprint density at radius 2 is 2.00 bits per heavy atom. The van der Waals surface area contributed by atoms with E-state index in [1.807, 2.05) is 18.2 Å². The first-order valence-electron chi connectivity index (χ1n) is 6.76. The smallest absolute Gasteiger partial charge is 0.0702 e. The molecule has 0 fully saturated rings. The molecule has 0 saturated heterocycles. The summed E-state index contributed by atoms with van der Waals surface area (Å²) in [6, 6.07) is 6.19. The SMILES string of the molecule is CCCCCN(c1ccc(Cl)cc1CO)C(C)C. The lowest BCUT2D eigenvalue weighted by Gasteiger charge is -2.31. The van der Waals surface area contributed by atoms with Gasteiger partial charge in [0.15, 0.2) is 0 Å². The summed E-state index contributed by atoms with van der Waals surface area (Å²) in [5.74, 6) is 0. The Hall–Kier alpha value is -0.730. The predicted molar refractivity (Wildman–Crippen MR) is 79.4 cm³/mol. The second kappa shape index (κ2) is 7.65. The molecule has 0 aliphatic heterocycles. The first-order valence-corrected chi connectivity index (χ1v) is 7.13. The van der Waals surface area contributed by atoms with Crippen molar-refractivity contribution in [1.82, 2.24) is 0 Å². The van der Waals surface area contributed by atoms with E-state index >= 15 is 0 Å². The minimum atomic E-state index is 0.0346. The van der Waals surface area contributed by atoms with Gasteiger partial charge in [0.2, 0.25) is 0 Å². The summed E-state index contributed by atoms with van der Waals surface area (Å²) in [6.07, 6.45) is 3.65. The van der Waals surface area contributed by atoms with Gasteiger partial charge >= 0.3 is 0 Å². The number of unbranched alkanes of at least 4 members (excludes halogenated alkanes) is 2. The molecule has 0 spiro atoms. The van der Waals surface area contributed by atoms with Gasteiger partial charge < -0.3 is 10.0 Å². The van der Waals surface area contributed by atoms with Gasteiger partial charge in [0.05, 0.1) is 6.61 Å². The summed E-state index contributed by atoms with van der Waals surface area (Å²) in [6.45, 7) is 7.64. The Morgan fingerprint density at radius 3 is 2.56 bits per heavy atom. The van der Waals surface area contributed by atoms with Crippen molar-refractivity contribution in [2.24, 2.45) is 0 Å². The van der Waals surface area contributed by atoms with Crippen LogP contribution in [-0.4, -0.2) is 17.7 Å². The largest absolute Gasteiger partial charge is 0.392 e. The van der Waals surface area contributed by atoms with Crippen LogP contribution in [0.5, 0.6) is 0 Å². The third kappa shape index (κ3) is 4.18. The number of hydrogen-bond acceptors (Lipinski definition) is 2. The van der Waals surface area contributed by atoms with Crippen LogP contribution in [0.15, 0.2) is 18.2 Å². The number of anilines is 1. The fourth-order valence-corrected chi connectivity index (χ4v) is 2.34. The normalized spacial score (nSPS) is 11.0. The third-order valence-electron chi connectivity index (χ3n) is 3.15. The zero-order valence-corrected chi connectivity index (χ0v) is 12.4. The van der Waals surface area contributed by atoms with Gasteiger partial charge in [0.25, 0.3) is 0 Å². The zero-order valence-electron chi connectivity index (χ0n) is 11.6. The van der Waals surface area contributed by atoms with E-state index in [9.17, 15) is 5.11 Å². The highest BCUT2D eigenvalue weighted by molar-refractivity contribution is 6.30. The van der Waals surface area contributed by atoms with Crippen molar-refractivity contribution in [3.63, 3.8) is 0 Å². The summed E-state index contributed by atoms with van der Waals surface area (Å²) in [5, 5.41) is 10.1. The van der Waals surface area contributed by atoms with E-state index in [4.69, 9.17) is 11.6 Å². The van der Waals surface area contributed by atoms with E-state index in [0.717, 1.165) is 17.8 Å². The Kier molecular flexibility index (Phi) is 6.51. The number of aliphatic hydroxyl groups is 1. The first kappa shape index (κ1) is 15.3. The maximum atomic E-state index is 9.46. The van der Waals surface area contributed by atoms with E-state index in [-0.39, 0.29) is 6.61 Å². The second-order valence-corrected chi connectivity index (χ2v) is 5.36. The first-order chi connectivity index (χ1) is 8.60. The van der Waals surface area contributed by atoms with Crippen LogP contribution in [0.2, 0.25) is 5.02 Å². The lowest BCUT2D eigenvalue weighted by molar-refractivity contribution is 0.282.